The van der Waals surface area contributed by atoms with Crippen LogP contribution in [0.2, 0.25) is 0 Å². The summed E-state index contributed by atoms with van der Waals surface area (Å²) in [7, 11) is 0. The molecule has 1 aromatic rings. The van der Waals surface area contributed by atoms with Crippen LogP contribution in [0.1, 0.15) is 35.7 Å². The van der Waals surface area contributed by atoms with Gasteiger partial charge in [-0.1, -0.05) is 18.6 Å². The number of benzene rings is 1. The molecule has 7 heteroatoms. The smallest absolute Gasteiger partial charge is 0.258 e. The van der Waals surface area contributed by atoms with Gasteiger partial charge in [-0.2, -0.15) is 0 Å². The topological polar surface area (TPSA) is 62.3 Å². The van der Waals surface area contributed by atoms with Gasteiger partial charge < -0.3 is 24.2 Å². The normalized spacial score (nSPS) is 22.2. The predicted octanol–water partition coefficient (Wildman–Crippen LogP) is 1.54. The minimum atomic E-state index is -0.490. The van der Waals surface area contributed by atoms with E-state index in [-0.39, 0.29) is 18.4 Å². The fourth-order valence-corrected chi connectivity index (χ4v) is 4.46. The molecule has 2 amide bonds. The minimum Gasteiger partial charge on any atom is -0.484 e. The summed E-state index contributed by atoms with van der Waals surface area (Å²) in [6.07, 6.45) is 1.43. The van der Waals surface area contributed by atoms with Crippen LogP contribution in [0.5, 0.6) is 5.75 Å². The van der Waals surface area contributed by atoms with Gasteiger partial charge in [0.1, 0.15) is 17.9 Å². The maximum absolute atomic E-state index is 13.4. The van der Waals surface area contributed by atoms with Crippen LogP contribution < -0.4 is 4.74 Å². The van der Waals surface area contributed by atoms with E-state index in [0.717, 1.165) is 38.3 Å². The number of rotatable bonds is 3. The van der Waals surface area contributed by atoms with Crippen molar-refractivity contribution in [2.24, 2.45) is 0 Å². The van der Waals surface area contributed by atoms with Crippen molar-refractivity contribution in [3.63, 3.8) is 0 Å². The largest absolute Gasteiger partial charge is 0.484 e. The third-order valence-electron chi connectivity index (χ3n) is 6.36. The van der Waals surface area contributed by atoms with E-state index < -0.39 is 5.60 Å². The van der Waals surface area contributed by atoms with Gasteiger partial charge in [0.05, 0.1) is 25.3 Å². The molecule has 2 saturated heterocycles. The zero-order valence-electron chi connectivity index (χ0n) is 17.5. The number of likely N-dealkylation sites (N-methyl/N-ethyl adjacent to an activating group) is 1. The standard InChI is InChI=1S/C22H31N3O4/c1-3-23-8-10-24(11-9-23)20(26)15-25-16-22(6-12-28-13-7-22)29-19-5-4-17(2)14-18(19)21(25)27/h4-5,14H,3,6-13,15-16H2,1-2H3. The second-order valence-corrected chi connectivity index (χ2v) is 8.37. The van der Waals surface area contributed by atoms with Crippen LogP contribution in [0.3, 0.4) is 0 Å². The van der Waals surface area contributed by atoms with Crippen LogP contribution in [0, 0.1) is 6.92 Å². The van der Waals surface area contributed by atoms with Crippen molar-refractivity contribution in [3.05, 3.63) is 29.3 Å². The van der Waals surface area contributed by atoms with Crippen LogP contribution in [0.15, 0.2) is 18.2 Å². The maximum Gasteiger partial charge on any atom is 0.258 e. The number of carbonyl (C=O) groups is 2. The Labute approximate surface area is 172 Å². The molecule has 0 aromatic heterocycles. The van der Waals surface area contributed by atoms with Gasteiger partial charge in [0.2, 0.25) is 5.91 Å². The summed E-state index contributed by atoms with van der Waals surface area (Å²) in [4.78, 5) is 32.3. The Morgan fingerprint density at radius 3 is 2.55 bits per heavy atom. The molecule has 0 radical (unpaired) electrons. The molecule has 0 N–H and O–H groups in total. The molecule has 1 spiro atoms. The third-order valence-corrected chi connectivity index (χ3v) is 6.36. The minimum absolute atomic E-state index is 0.0208. The summed E-state index contributed by atoms with van der Waals surface area (Å²) in [5.74, 6) is 0.522. The van der Waals surface area contributed by atoms with E-state index in [9.17, 15) is 9.59 Å². The lowest BCUT2D eigenvalue weighted by atomic mass is 9.93. The number of piperazine rings is 1. The number of aryl methyl sites for hydroxylation is 1. The number of nitrogens with zero attached hydrogens (tertiary/aromatic N) is 3. The zero-order chi connectivity index (χ0) is 20.4. The Bertz CT molecular complexity index is 767. The number of ether oxygens (including phenoxy) is 2. The molecule has 29 heavy (non-hydrogen) atoms. The number of fused-ring (bicyclic) bond motifs is 1. The highest BCUT2D eigenvalue weighted by Gasteiger charge is 2.42. The van der Waals surface area contributed by atoms with Gasteiger partial charge in [0.25, 0.3) is 5.91 Å². The average molecular weight is 402 g/mol. The Hall–Kier alpha value is -2.12. The Morgan fingerprint density at radius 1 is 1.14 bits per heavy atom. The molecule has 7 nitrogen and oxygen atoms in total. The molecule has 0 atom stereocenters. The lowest BCUT2D eigenvalue weighted by Crippen LogP contribution is -2.55. The highest BCUT2D eigenvalue weighted by molar-refractivity contribution is 5.99. The number of hydrogen-bond acceptors (Lipinski definition) is 5. The predicted molar refractivity (Wildman–Crippen MR) is 109 cm³/mol. The van der Waals surface area contributed by atoms with Crippen LogP contribution in [-0.2, 0) is 9.53 Å². The molecule has 158 valence electrons. The highest BCUT2D eigenvalue weighted by atomic mass is 16.5. The van der Waals surface area contributed by atoms with Gasteiger partial charge in [-0.25, -0.2) is 0 Å². The van der Waals surface area contributed by atoms with Gasteiger partial charge in [0, 0.05) is 39.0 Å². The Balaban J connectivity index is 1.56. The molecule has 0 unspecified atom stereocenters. The first-order valence-corrected chi connectivity index (χ1v) is 10.7. The number of hydrogen-bond donors (Lipinski definition) is 0. The SMILES string of the molecule is CCN1CCN(C(=O)CN2CC3(CCOCC3)Oc3ccc(C)cc3C2=O)CC1. The van der Waals surface area contributed by atoms with Crippen LogP contribution >= 0.6 is 0 Å². The summed E-state index contributed by atoms with van der Waals surface area (Å²) in [5, 5.41) is 0. The van der Waals surface area contributed by atoms with Gasteiger partial charge in [-0.15, -0.1) is 0 Å². The summed E-state index contributed by atoms with van der Waals surface area (Å²) < 4.78 is 12.0. The number of amides is 2. The first-order valence-electron chi connectivity index (χ1n) is 10.7. The summed E-state index contributed by atoms with van der Waals surface area (Å²) in [6, 6.07) is 5.72. The van der Waals surface area contributed by atoms with Crippen molar-refractivity contribution >= 4 is 11.8 Å². The second-order valence-electron chi connectivity index (χ2n) is 8.37. The molecular weight excluding hydrogens is 370 g/mol. The lowest BCUT2D eigenvalue weighted by Gasteiger charge is -2.39. The van der Waals surface area contributed by atoms with Crippen LogP contribution in [-0.4, -0.2) is 91.1 Å². The van der Waals surface area contributed by atoms with Crippen molar-refractivity contribution in [3.8, 4) is 5.75 Å². The fraction of sp³-hybridized carbons (Fsp3) is 0.636. The van der Waals surface area contributed by atoms with E-state index in [2.05, 4.69) is 11.8 Å². The maximum atomic E-state index is 13.4. The Morgan fingerprint density at radius 2 is 1.86 bits per heavy atom. The second kappa shape index (κ2) is 8.32. The van der Waals surface area contributed by atoms with Gasteiger partial charge in [0.15, 0.2) is 0 Å². The number of carbonyl (C=O) groups excluding carboxylic acids is 2. The molecule has 0 aliphatic carbocycles. The first kappa shape index (κ1) is 20.2. The van der Waals surface area contributed by atoms with E-state index in [4.69, 9.17) is 9.47 Å². The van der Waals surface area contributed by atoms with E-state index in [0.29, 0.717) is 43.9 Å². The van der Waals surface area contributed by atoms with E-state index in [1.165, 1.54) is 0 Å². The molecule has 1 aromatic carbocycles. The zero-order valence-corrected chi connectivity index (χ0v) is 17.5. The van der Waals surface area contributed by atoms with Crippen molar-refractivity contribution in [2.45, 2.75) is 32.3 Å². The van der Waals surface area contributed by atoms with E-state index >= 15 is 0 Å². The van der Waals surface area contributed by atoms with Crippen molar-refractivity contribution in [1.29, 1.82) is 0 Å². The fourth-order valence-electron chi connectivity index (χ4n) is 4.46. The molecule has 2 fully saturated rings. The Kier molecular flexibility index (Phi) is 5.79. The molecule has 0 saturated carbocycles. The monoisotopic (exact) mass is 401 g/mol. The quantitative estimate of drug-likeness (QED) is 0.769. The molecule has 0 bridgehead atoms. The summed E-state index contributed by atoms with van der Waals surface area (Å²) in [5.41, 5.74) is 1.07. The van der Waals surface area contributed by atoms with Crippen LogP contribution in [0.25, 0.3) is 0 Å². The van der Waals surface area contributed by atoms with Crippen molar-refractivity contribution < 1.29 is 19.1 Å². The summed E-state index contributed by atoms with van der Waals surface area (Å²) >= 11 is 0. The molecule has 3 heterocycles. The molecule has 3 aliphatic rings. The third kappa shape index (κ3) is 4.26. The average Bonchev–Trinajstić information content (AvgIpc) is 2.84. The van der Waals surface area contributed by atoms with E-state index in [1.54, 1.807) is 4.90 Å². The summed E-state index contributed by atoms with van der Waals surface area (Å²) in [6.45, 7) is 10.1. The van der Waals surface area contributed by atoms with E-state index in [1.807, 2.05) is 30.0 Å². The van der Waals surface area contributed by atoms with Gasteiger partial charge in [-0.3, -0.25) is 9.59 Å². The first-order chi connectivity index (χ1) is 14.0. The van der Waals surface area contributed by atoms with Crippen LogP contribution in [0.4, 0.5) is 0 Å². The van der Waals surface area contributed by atoms with Crippen molar-refractivity contribution in [2.75, 3.05) is 59.0 Å². The van der Waals surface area contributed by atoms with Crippen molar-refractivity contribution in [1.82, 2.24) is 14.7 Å². The van der Waals surface area contributed by atoms with Gasteiger partial charge >= 0.3 is 0 Å². The molecule has 3 aliphatic heterocycles. The molecule has 4 rings (SSSR count). The lowest BCUT2D eigenvalue weighted by molar-refractivity contribution is -0.134. The molecular formula is C22H31N3O4. The van der Waals surface area contributed by atoms with Gasteiger partial charge in [-0.05, 0) is 25.6 Å². The highest BCUT2D eigenvalue weighted by Crippen LogP contribution is 2.35.